The molecule has 2 N–H and O–H groups in total. The fourth-order valence-electron chi connectivity index (χ4n) is 7.21. The van der Waals surface area contributed by atoms with Gasteiger partial charge in [0.15, 0.2) is 5.78 Å². The number of benzene rings is 1. The van der Waals surface area contributed by atoms with Gasteiger partial charge in [-0.15, -0.1) is 0 Å². The number of allylic oxidation sites excluding steroid dienone is 1. The van der Waals surface area contributed by atoms with Crippen molar-refractivity contribution < 1.29 is 9.90 Å². The number of nitrogens with one attached hydrogen (secondary N) is 1. The highest BCUT2D eigenvalue weighted by Gasteiger charge is 2.32. The fourth-order valence-corrected chi connectivity index (χ4v) is 7.21. The lowest BCUT2D eigenvalue weighted by atomic mass is 9.71. The van der Waals surface area contributed by atoms with Crippen LogP contribution in [0.2, 0.25) is 0 Å². The molecule has 6 nitrogen and oxygen atoms in total. The number of H-pyrrole nitrogens is 1. The van der Waals surface area contributed by atoms with E-state index in [-0.39, 0.29) is 22.7 Å². The molecule has 0 saturated carbocycles. The predicted molar refractivity (Wildman–Crippen MR) is 177 cm³/mol. The monoisotopic (exact) mass is 593 g/mol. The molecular weight excluding hydrogens is 546 g/mol. The van der Waals surface area contributed by atoms with E-state index in [1.807, 2.05) is 13.0 Å². The van der Waals surface area contributed by atoms with Crippen molar-refractivity contribution in [3.05, 3.63) is 92.7 Å². The number of piperidine rings is 1. The van der Waals surface area contributed by atoms with Crippen LogP contribution in [0.4, 0.5) is 0 Å². The summed E-state index contributed by atoms with van der Waals surface area (Å²) in [5, 5.41) is 10.4. The Balaban J connectivity index is 1.18. The van der Waals surface area contributed by atoms with Gasteiger partial charge in [-0.1, -0.05) is 45.0 Å². The summed E-state index contributed by atoms with van der Waals surface area (Å²) in [7, 11) is 0. The number of ketones is 1. The van der Waals surface area contributed by atoms with E-state index in [2.05, 4.69) is 67.1 Å². The van der Waals surface area contributed by atoms with Gasteiger partial charge in [-0.3, -0.25) is 14.6 Å². The number of Topliss-reactive ketones (excluding diaryl/α,β-unsaturated/α-hetero) is 1. The number of aliphatic hydroxyl groups is 1. The molecule has 0 radical (unpaired) electrons. The van der Waals surface area contributed by atoms with Gasteiger partial charge in [0, 0.05) is 49.5 Å². The molecule has 232 valence electrons. The first-order chi connectivity index (χ1) is 20.9. The van der Waals surface area contributed by atoms with Crippen LogP contribution in [0.15, 0.2) is 59.0 Å². The number of aromatic nitrogens is 2. The van der Waals surface area contributed by atoms with Crippen molar-refractivity contribution in [1.82, 2.24) is 14.9 Å². The zero-order valence-corrected chi connectivity index (χ0v) is 26.8. The van der Waals surface area contributed by atoms with Crippen LogP contribution in [0.3, 0.4) is 0 Å². The molecule has 3 aromatic rings. The Hall–Kier alpha value is -3.35. The number of rotatable bonds is 8. The van der Waals surface area contributed by atoms with Crippen LogP contribution in [0, 0.1) is 11.3 Å². The average molecular weight is 594 g/mol. The van der Waals surface area contributed by atoms with Crippen molar-refractivity contribution in [2.24, 2.45) is 11.3 Å². The summed E-state index contributed by atoms with van der Waals surface area (Å²) < 4.78 is 0. The highest BCUT2D eigenvalue weighted by atomic mass is 16.3. The van der Waals surface area contributed by atoms with Gasteiger partial charge >= 0.3 is 0 Å². The quantitative estimate of drug-likeness (QED) is 0.311. The summed E-state index contributed by atoms with van der Waals surface area (Å²) in [4.78, 5) is 35.7. The number of hydrogen-bond donors (Lipinski definition) is 2. The van der Waals surface area contributed by atoms with E-state index in [0.29, 0.717) is 18.8 Å². The maximum Gasteiger partial charge on any atom is 0.247 e. The number of nitrogens with zero attached hydrogens (tertiary/aromatic N) is 2. The minimum atomic E-state index is -0.575. The van der Waals surface area contributed by atoms with Gasteiger partial charge in [0.05, 0.1) is 11.3 Å². The SMILES string of the molecule is CC1(O)CCN(CC[C@@H](CC(=O)C2=Cc3cc4c(nc3C2)CC[C@H](C(C)(C)C)C4)c2ccc(-c3ccc(=O)[nH]c3)cc2)CC1. The molecule has 1 fully saturated rings. The third kappa shape index (κ3) is 6.97. The van der Waals surface area contributed by atoms with Crippen molar-refractivity contribution in [1.29, 1.82) is 0 Å². The number of hydrogen-bond acceptors (Lipinski definition) is 5. The van der Waals surface area contributed by atoms with Crippen LogP contribution in [0.25, 0.3) is 17.2 Å². The first-order valence-corrected chi connectivity index (χ1v) is 16.4. The van der Waals surface area contributed by atoms with Gasteiger partial charge in [-0.05, 0) is 115 Å². The highest BCUT2D eigenvalue weighted by Crippen LogP contribution is 2.39. The Bertz CT molecular complexity index is 1580. The molecule has 0 amide bonds. The van der Waals surface area contributed by atoms with Gasteiger partial charge in [-0.2, -0.15) is 0 Å². The molecule has 3 heterocycles. The Morgan fingerprint density at radius 3 is 2.50 bits per heavy atom. The number of carbonyl (C=O) groups is 1. The topological polar surface area (TPSA) is 86.3 Å². The largest absolute Gasteiger partial charge is 0.390 e. The third-order valence-corrected chi connectivity index (χ3v) is 10.4. The molecule has 44 heavy (non-hydrogen) atoms. The summed E-state index contributed by atoms with van der Waals surface area (Å²) >= 11 is 0. The minimum absolute atomic E-state index is 0.0906. The molecule has 0 spiro atoms. The summed E-state index contributed by atoms with van der Waals surface area (Å²) in [6, 6.07) is 14.1. The van der Waals surface area contributed by atoms with Gasteiger partial charge in [-0.25, -0.2) is 0 Å². The van der Waals surface area contributed by atoms with Crippen LogP contribution < -0.4 is 5.56 Å². The molecule has 1 aromatic carbocycles. The smallest absolute Gasteiger partial charge is 0.247 e. The number of aryl methyl sites for hydroxylation is 1. The second-order valence-electron chi connectivity index (χ2n) is 14.8. The number of fused-ring (bicyclic) bond motifs is 2. The van der Waals surface area contributed by atoms with E-state index in [9.17, 15) is 14.7 Å². The van der Waals surface area contributed by atoms with E-state index < -0.39 is 5.60 Å². The van der Waals surface area contributed by atoms with Crippen molar-refractivity contribution in [3.8, 4) is 11.1 Å². The van der Waals surface area contributed by atoms with Crippen molar-refractivity contribution in [2.75, 3.05) is 19.6 Å². The number of likely N-dealkylation sites (tertiary alicyclic amines) is 1. The lowest BCUT2D eigenvalue weighted by molar-refractivity contribution is -0.116. The van der Waals surface area contributed by atoms with E-state index in [0.717, 1.165) is 85.3 Å². The molecule has 0 unspecified atom stereocenters. The van der Waals surface area contributed by atoms with E-state index >= 15 is 0 Å². The molecule has 1 saturated heterocycles. The molecule has 6 heteroatoms. The van der Waals surface area contributed by atoms with Crippen LogP contribution in [-0.4, -0.2) is 51.0 Å². The number of pyridine rings is 2. The lowest BCUT2D eigenvalue weighted by Gasteiger charge is -2.36. The van der Waals surface area contributed by atoms with E-state index in [4.69, 9.17) is 4.98 Å². The molecule has 6 rings (SSSR count). The van der Waals surface area contributed by atoms with Crippen molar-refractivity contribution in [2.45, 2.75) is 90.6 Å². The number of aromatic amines is 1. The van der Waals surface area contributed by atoms with Gasteiger partial charge in [0.1, 0.15) is 0 Å². The molecule has 2 aliphatic carbocycles. The second kappa shape index (κ2) is 12.2. The fraction of sp³-hybridized carbons (Fsp3) is 0.500. The first-order valence-electron chi connectivity index (χ1n) is 16.4. The predicted octanol–water partition coefficient (Wildman–Crippen LogP) is 6.51. The molecule has 2 atom stereocenters. The standard InChI is InChI=1S/C38H47N3O3/c1-37(2,3)32-10-11-33-30(21-32)19-29-20-31(22-34(29)40-33)35(42)23-27(13-16-41-17-14-38(4,44)15-18-41)25-5-7-26(8-6-25)28-9-12-36(43)39-24-28/h5-9,12,19-20,24,27,32,44H,10-11,13-18,21-23H2,1-4H3,(H,39,43)/t27-,32-/m0/s1. The maximum absolute atomic E-state index is 13.9. The summed E-state index contributed by atoms with van der Waals surface area (Å²) in [6.07, 6.45) is 10.7. The second-order valence-corrected chi connectivity index (χ2v) is 14.8. The Morgan fingerprint density at radius 2 is 1.82 bits per heavy atom. The molecule has 1 aliphatic heterocycles. The Morgan fingerprint density at radius 1 is 1.09 bits per heavy atom. The summed E-state index contributed by atoms with van der Waals surface area (Å²) in [6.45, 7) is 11.6. The minimum Gasteiger partial charge on any atom is -0.390 e. The van der Waals surface area contributed by atoms with Gasteiger partial charge in [0.2, 0.25) is 5.56 Å². The first kappa shape index (κ1) is 30.7. The highest BCUT2D eigenvalue weighted by molar-refractivity contribution is 6.02. The Labute approximate surface area is 261 Å². The van der Waals surface area contributed by atoms with E-state index in [1.165, 1.54) is 17.7 Å². The maximum atomic E-state index is 13.9. The normalized spacial score (nSPS) is 20.5. The zero-order chi connectivity index (χ0) is 31.1. The van der Waals surface area contributed by atoms with Crippen molar-refractivity contribution >= 4 is 11.9 Å². The van der Waals surface area contributed by atoms with Gasteiger partial charge in [0.25, 0.3) is 0 Å². The number of carbonyl (C=O) groups excluding carboxylic acids is 1. The average Bonchev–Trinajstić information content (AvgIpc) is 3.41. The van der Waals surface area contributed by atoms with Crippen LogP contribution >= 0.6 is 0 Å². The zero-order valence-electron chi connectivity index (χ0n) is 26.8. The molecule has 3 aliphatic rings. The summed E-state index contributed by atoms with van der Waals surface area (Å²) in [5.74, 6) is 0.960. The van der Waals surface area contributed by atoms with Crippen LogP contribution in [0.1, 0.15) is 93.8 Å². The lowest BCUT2D eigenvalue weighted by Crippen LogP contribution is -2.42. The van der Waals surface area contributed by atoms with E-state index in [1.54, 1.807) is 12.3 Å². The Kier molecular flexibility index (Phi) is 8.51. The van der Waals surface area contributed by atoms with Gasteiger partial charge < -0.3 is 15.0 Å². The summed E-state index contributed by atoms with van der Waals surface area (Å²) in [5.41, 5.74) is 8.41. The molecule has 2 aromatic heterocycles. The van der Waals surface area contributed by atoms with Crippen LogP contribution in [0.5, 0.6) is 0 Å². The molecular formula is C38H47N3O3. The third-order valence-electron chi connectivity index (χ3n) is 10.4. The molecule has 0 bridgehead atoms. The van der Waals surface area contributed by atoms with Crippen molar-refractivity contribution in [3.63, 3.8) is 0 Å². The van der Waals surface area contributed by atoms with Crippen LogP contribution in [-0.2, 0) is 24.1 Å².